The van der Waals surface area contributed by atoms with E-state index >= 15 is 0 Å². The van der Waals surface area contributed by atoms with Crippen LogP contribution in [-0.4, -0.2) is 29.2 Å². The Bertz CT molecular complexity index is 1040. The molecule has 1 aliphatic rings. The van der Waals surface area contributed by atoms with Gasteiger partial charge < -0.3 is 9.32 Å². The van der Waals surface area contributed by atoms with Crippen LogP contribution in [0.15, 0.2) is 71.3 Å². The summed E-state index contributed by atoms with van der Waals surface area (Å²) < 4.78 is 5.42. The van der Waals surface area contributed by atoms with E-state index in [1.807, 2.05) is 37.3 Å². The third-order valence-corrected chi connectivity index (χ3v) is 5.19. The second-order valence-electron chi connectivity index (χ2n) is 7.31. The number of carbonyl (C=O) groups excluding carboxylic acids is 3. The summed E-state index contributed by atoms with van der Waals surface area (Å²) in [6, 6.07) is 18.1. The van der Waals surface area contributed by atoms with Gasteiger partial charge in [-0.3, -0.25) is 19.3 Å². The van der Waals surface area contributed by atoms with Crippen LogP contribution in [0.2, 0.25) is 0 Å². The highest BCUT2D eigenvalue weighted by Gasteiger charge is 2.34. The Morgan fingerprint density at radius 1 is 0.933 bits per heavy atom. The third kappa shape index (κ3) is 3.89. The molecular weight excluding hydrogens is 380 g/mol. The molecule has 0 N–H and O–H groups in total. The minimum Gasteiger partial charge on any atom is -0.467 e. The van der Waals surface area contributed by atoms with E-state index in [1.54, 1.807) is 41.5 Å². The molecule has 1 aliphatic heterocycles. The first-order valence-corrected chi connectivity index (χ1v) is 9.89. The lowest BCUT2D eigenvalue weighted by Gasteiger charge is -2.23. The molecule has 30 heavy (non-hydrogen) atoms. The quantitative estimate of drug-likeness (QED) is 0.556. The number of furan rings is 1. The van der Waals surface area contributed by atoms with Gasteiger partial charge in [0.05, 0.1) is 23.9 Å². The van der Waals surface area contributed by atoms with Crippen molar-refractivity contribution in [3.8, 4) is 0 Å². The Hall–Kier alpha value is -3.67. The van der Waals surface area contributed by atoms with Gasteiger partial charge in [-0.2, -0.15) is 0 Å². The standard InChI is InChI=1S/C24H22N2O4/c1-17-10-12-18(13-11-17)26(16-19-6-5-15-30-19)22(27)9-4-14-25-23(28)20-7-2-3-8-21(20)24(25)29/h2-3,5-8,10-13,15H,4,9,14,16H2,1H3. The van der Waals surface area contributed by atoms with Crippen LogP contribution < -0.4 is 4.90 Å². The number of hydrogen-bond donors (Lipinski definition) is 0. The van der Waals surface area contributed by atoms with Crippen molar-refractivity contribution in [2.24, 2.45) is 0 Å². The normalized spacial score (nSPS) is 12.9. The van der Waals surface area contributed by atoms with Crippen molar-refractivity contribution in [2.45, 2.75) is 26.3 Å². The highest BCUT2D eigenvalue weighted by atomic mass is 16.3. The van der Waals surface area contributed by atoms with E-state index in [0.29, 0.717) is 29.9 Å². The van der Waals surface area contributed by atoms with Gasteiger partial charge in [-0.15, -0.1) is 0 Å². The lowest BCUT2D eigenvalue weighted by atomic mass is 10.1. The predicted octanol–water partition coefficient (Wildman–Crippen LogP) is 4.20. The molecule has 0 spiro atoms. The van der Waals surface area contributed by atoms with Crippen LogP contribution >= 0.6 is 0 Å². The number of nitrogens with zero attached hydrogens (tertiary/aromatic N) is 2. The summed E-state index contributed by atoms with van der Waals surface area (Å²) in [5.41, 5.74) is 2.73. The number of amides is 3. The molecule has 0 aliphatic carbocycles. The molecule has 3 aromatic rings. The van der Waals surface area contributed by atoms with E-state index in [0.717, 1.165) is 11.3 Å². The van der Waals surface area contributed by atoms with E-state index in [-0.39, 0.29) is 30.7 Å². The van der Waals surface area contributed by atoms with Crippen molar-refractivity contribution in [1.29, 1.82) is 0 Å². The van der Waals surface area contributed by atoms with Gasteiger partial charge in [0.25, 0.3) is 11.8 Å². The highest BCUT2D eigenvalue weighted by Crippen LogP contribution is 2.24. The average molecular weight is 402 g/mol. The molecular formula is C24H22N2O4. The predicted molar refractivity (Wildman–Crippen MR) is 112 cm³/mol. The summed E-state index contributed by atoms with van der Waals surface area (Å²) in [7, 11) is 0. The Morgan fingerprint density at radius 3 is 2.20 bits per heavy atom. The summed E-state index contributed by atoms with van der Waals surface area (Å²) in [4.78, 5) is 40.9. The molecule has 6 nitrogen and oxygen atoms in total. The summed E-state index contributed by atoms with van der Waals surface area (Å²) in [5.74, 6) is -0.000754. The first-order valence-electron chi connectivity index (χ1n) is 9.89. The number of imide groups is 1. The fraction of sp³-hybridized carbons (Fsp3) is 0.208. The van der Waals surface area contributed by atoms with E-state index < -0.39 is 0 Å². The fourth-order valence-electron chi connectivity index (χ4n) is 3.57. The minimum atomic E-state index is -0.297. The number of carbonyl (C=O) groups is 3. The zero-order valence-electron chi connectivity index (χ0n) is 16.7. The average Bonchev–Trinajstić information content (AvgIpc) is 3.35. The molecule has 1 aromatic heterocycles. The van der Waals surface area contributed by atoms with Crippen molar-refractivity contribution in [1.82, 2.24) is 4.90 Å². The van der Waals surface area contributed by atoms with Gasteiger partial charge in [0, 0.05) is 18.7 Å². The molecule has 0 fully saturated rings. The number of aryl methyl sites for hydroxylation is 1. The highest BCUT2D eigenvalue weighted by molar-refractivity contribution is 6.21. The Morgan fingerprint density at radius 2 is 1.60 bits per heavy atom. The fourth-order valence-corrected chi connectivity index (χ4v) is 3.57. The molecule has 2 heterocycles. The van der Waals surface area contributed by atoms with E-state index in [4.69, 9.17) is 4.42 Å². The number of anilines is 1. The van der Waals surface area contributed by atoms with Gasteiger partial charge in [-0.05, 0) is 49.7 Å². The monoisotopic (exact) mass is 402 g/mol. The maximum absolute atomic E-state index is 13.0. The van der Waals surface area contributed by atoms with Crippen LogP contribution in [0, 0.1) is 6.92 Å². The smallest absolute Gasteiger partial charge is 0.261 e. The van der Waals surface area contributed by atoms with Crippen LogP contribution in [0.4, 0.5) is 5.69 Å². The second-order valence-corrected chi connectivity index (χ2v) is 7.31. The van der Waals surface area contributed by atoms with Crippen LogP contribution in [0.1, 0.15) is 44.9 Å². The Balaban J connectivity index is 1.42. The molecule has 6 heteroatoms. The van der Waals surface area contributed by atoms with Crippen molar-refractivity contribution >= 4 is 23.4 Å². The molecule has 3 amide bonds. The molecule has 2 aromatic carbocycles. The van der Waals surface area contributed by atoms with Gasteiger partial charge >= 0.3 is 0 Å². The van der Waals surface area contributed by atoms with Gasteiger partial charge in [0.1, 0.15) is 5.76 Å². The zero-order chi connectivity index (χ0) is 21.1. The lowest BCUT2D eigenvalue weighted by Crippen LogP contribution is -2.33. The van der Waals surface area contributed by atoms with Gasteiger partial charge in [-0.1, -0.05) is 29.8 Å². The summed E-state index contributed by atoms with van der Waals surface area (Å²) in [5, 5.41) is 0. The number of hydrogen-bond acceptors (Lipinski definition) is 4. The van der Waals surface area contributed by atoms with Crippen LogP contribution in [0.25, 0.3) is 0 Å². The number of fused-ring (bicyclic) bond motifs is 1. The summed E-state index contributed by atoms with van der Waals surface area (Å²) in [6.07, 6.45) is 2.18. The largest absolute Gasteiger partial charge is 0.467 e. The Kier molecular flexibility index (Phi) is 5.48. The Labute approximate surface area is 174 Å². The van der Waals surface area contributed by atoms with Crippen LogP contribution in [0.3, 0.4) is 0 Å². The van der Waals surface area contributed by atoms with Gasteiger partial charge in [0.2, 0.25) is 5.91 Å². The number of benzene rings is 2. The first kappa shape index (κ1) is 19.6. The van der Waals surface area contributed by atoms with Gasteiger partial charge in [-0.25, -0.2) is 0 Å². The van der Waals surface area contributed by atoms with Crippen molar-refractivity contribution in [2.75, 3.05) is 11.4 Å². The third-order valence-electron chi connectivity index (χ3n) is 5.19. The van der Waals surface area contributed by atoms with Crippen molar-refractivity contribution in [3.63, 3.8) is 0 Å². The van der Waals surface area contributed by atoms with Gasteiger partial charge in [0.15, 0.2) is 0 Å². The zero-order valence-corrected chi connectivity index (χ0v) is 16.7. The van der Waals surface area contributed by atoms with Crippen molar-refractivity contribution < 1.29 is 18.8 Å². The molecule has 0 radical (unpaired) electrons. The van der Waals surface area contributed by atoms with Crippen LogP contribution in [0.5, 0.6) is 0 Å². The molecule has 0 atom stereocenters. The van der Waals surface area contributed by atoms with Crippen molar-refractivity contribution in [3.05, 3.63) is 89.4 Å². The van der Waals surface area contributed by atoms with E-state index in [2.05, 4.69) is 0 Å². The lowest BCUT2D eigenvalue weighted by molar-refractivity contribution is -0.119. The maximum atomic E-state index is 13.0. The maximum Gasteiger partial charge on any atom is 0.261 e. The molecule has 0 bridgehead atoms. The molecule has 0 saturated carbocycles. The summed E-state index contributed by atoms with van der Waals surface area (Å²) in [6.45, 7) is 2.52. The molecule has 0 unspecified atom stereocenters. The molecule has 4 rings (SSSR count). The van der Waals surface area contributed by atoms with Crippen LogP contribution in [-0.2, 0) is 11.3 Å². The van der Waals surface area contributed by atoms with E-state index in [9.17, 15) is 14.4 Å². The first-order chi connectivity index (χ1) is 14.5. The SMILES string of the molecule is Cc1ccc(N(Cc2ccco2)C(=O)CCCN2C(=O)c3ccccc3C2=O)cc1. The topological polar surface area (TPSA) is 70.8 Å². The minimum absolute atomic E-state index is 0.0909. The molecule has 152 valence electrons. The van der Waals surface area contributed by atoms with E-state index in [1.165, 1.54) is 4.90 Å². The summed E-state index contributed by atoms with van der Waals surface area (Å²) >= 11 is 0. The second kappa shape index (κ2) is 8.37. The molecule has 0 saturated heterocycles. The number of rotatable bonds is 7.